The summed E-state index contributed by atoms with van der Waals surface area (Å²) in [5, 5.41) is 5.56. The van der Waals surface area contributed by atoms with E-state index in [-0.39, 0.29) is 0 Å². The van der Waals surface area contributed by atoms with Crippen molar-refractivity contribution in [3.63, 3.8) is 0 Å². The number of aryl methyl sites for hydroxylation is 1. The van der Waals surface area contributed by atoms with Crippen LogP contribution in [0.2, 0.25) is 0 Å². The molecule has 2 heterocycles. The number of aromatic nitrogens is 2. The highest BCUT2D eigenvalue weighted by atomic mass is 15.0. The molecule has 0 bridgehead atoms. The van der Waals surface area contributed by atoms with Gasteiger partial charge in [-0.25, -0.2) is 4.98 Å². The predicted octanol–water partition coefficient (Wildman–Crippen LogP) is 3.52. The van der Waals surface area contributed by atoms with Crippen molar-refractivity contribution in [3.05, 3.63) is 42.1 Å². The van der Waals surface area contributed by atoms with Crippen molar-refractivity contribution in [1.29, 1.82) is 0 Å². The highest BCUT2D eigenvalue weighted by molar-refractivity contribution is 6.03. The first-order valence-corrected chi connectivity index (χ1v) is 6.18. The Hall–Kier alpha value is -2.16. The van der Waals surface area contributed by atoms with Gasteiger partial charge in [-0.2, -0.15) is 0 Å². The van der Waals surface area contributed by atoms with E-state index in [1.54, 1.807) is 0 Å². The Bertz CT molecular complexity index is 719. The van der Waals surface area contributed by atoms with E-state index in [0.29, 0.717) is 0 Å². The van der Waals surface area contributed by atoms with E-state index < -0.39 is 0 Å². The molecular weight excluding hydrogens is 222 g/mol. The lowest BCUT2D eigenvalue weighted by molar-refractivity contribution is 1.16. The van der Waals surface area contributed by atoms with Gasteiger partial charge in [0.05, 0.1) is 11.0 Å². The van der Waals surface area contributed by atoms with Gasteiger partial charge in [0.1, 0.15) is 5.82 Å². The van der Waals surface area contributed by atoms with Gasteiger partial charge < -0.3 is 5.32 Å². The first-order valence-electron chi connectivity index (χ1n) is 6.18. The molecule has 0 saturated heterocycles. The molecule has 90 valence electrons. The molecule has 0 spiro atoms. The summed E-state index contributed by atoms with van der Waals surface area (Å²) in [6.45, 7) is 5.03. The molecule has 18 heavy (non-hydrogen) atoms. The molecule has 0 aliphatic heterocycles. The number of fused-ring (bicyclic) bond motifs is 3. The smallest absolute Gasteiger partial charge is 0.129 e. The van der Waals surface area contributed by atoms with E-state index in [1.807, 2.05) is 12.3 Å². The molecule has 0 aliphatic carbocycles. The molecule has 3 nitrogen and oxygen atoms in total. The molecule has 0 fully saturated rings. The van der Waals surface area contributed by atoms with Crippen LogP contribution >= 0.6 is 0 Å². The second kappa shape index (κ2) is 4.26. The minimum absolute atomic E-state index is 0.873. The lowest BCUT2D eigenvalue weighted by atomic mass is 10.1. The molecule has 0 radical (unpaired) electrons. The Morgan fingerprint density at radius 1 is 1.11 bits per heavy atom. The summed E-state index contributed by atoms with van der Waals surface area (Å²) >= 11 is 0. The van der Waals surface area contributed by atoms with Gasteiger partial charge in [-0.3, -0.25) is 4.98 Å². The maximum atomic E-state index is 4.72. The molecule has 2 aromatic heterocycles. The minimum atomic E-state index is 0.873. The molecule has 3 heteroatoms. The lowest BCUT2D eigenvalue weighted by Gasteiger charge is -2.09. The summed E-state index contributed by atoms with van der Waals surface area (Å²) in [4.78, 5) is 9.17. The number of hydrogen-bond donors (Lipinski definition) is 1. The zero-order chi connectivity index (χ0) is 12.5. The van der Waals surface area contributed by atoms with Crippen LogP contribution in [-0.4, -0.2) is 16.5 Å². The van der Waals surface area contributed by atoms with E-state index in [4.69, 9.17) is 4.98 Å². The van der Waals surface area contributed by atoms with E-state index in [9.17, 15) is 0 Å². The van der Waals surface area contributed by atoms with Crippen LogP contribution in [0.3, 0.4) is 0 Å². The van der Waals surface area contributed by atoms with Crippen LogP contribution in [0.15, 0.2) is 36.5 Å². The predicted molar refractivity (Wildman–Crippen MR) is 75.9 cm³/mol. The largest absolute Gasteiger partial charge is 0.370 e. The lowest BCUT2D eigenvalue weighted by Crippen LogP contribution is -2.02. The van der Waals surface area contributed by atoms with Gasteiger partial charge in [0, 0.05) is 23.5 Å². The second-order valence-electron chi connectivity index (χ2n) is 4.40. The summed E-state index contributed by atoms with van der Waals surface area (Å²) in [6.07, 6.45) is 1.82. The van der Waals surface area contributed by atoms with Crippen molar-refractivity contribution in [1.82, 2.24) is 9.97 Å². The van der Waals surface area contributed by atoms with E-state index in [2.05, 4.69) is 48.4 Å². The molecule has 0 aliphatic rings. The number of anilines is 1. The molecule has 3 aromatic rings. The van der Waals surface area contributed by atoms with Crippen molar-refractivity contribution in [3.8, 4) is 0 Å². The third-order valence-corrected chi connectivity index (χ3v) is 3.09. The highest BCUT2D eigenvalue weighted by Gasteiger charge is 2.06. The number of rotatable bonds is 2. The molecule has 3 rings (SSSR count). The summed E-state index contributed by atoms with van der Waals surface area (Å²) in [7, 11) is 0. The van der Waals surface area contributed by atoms with Crippen molar-refractivity contribution in [2.45, 2.75) is 13.8 Å². The molecule has 0 unspecified atom stereocenters. The quantitative estimate of drug-likeness (QED) is 0.693. The van der Waals surface area contributed by atoms with Crippen LogP contribution in [-0.2, 0) is 0 Å². The Balaban J connectivity index is 2.37. The summed E-state index contributed by atoms with van der Waals surface area (Å²) in [5.74, 6) is 0.947. The Morgan fingerprint density at radius 3 is 2.78 bits per heavy atom. The van der Waals surface area contributed by atoms with E-state index in [1.165, 1.54) is 5.56 Å². The second-order valence-corrected chi connectivity index (χ2v) is 4.40. The number of hydrogen-bond acceptors (Lipinski definition) is 3. The average Bonchev–Trinajstić information content (AvgIpc) is 2.40. The van der Waals surface area contributed by atoms with Crippen LogP contribution in [0.1, 0.15) is 12.5 Å². The molecule has 1 aromatic carbocycles. The molecule has 1 N–H and O–H groups in total. The van der Waals surface area contributed by atoms with Crippen LogP contribution in [0.4, 0.5) is 5.82 Å². The standard InChI is InChI=1S/C15H15N3/c1-3-16-15-10(2)9-12-7-6-11-5-4-8-17-13(11)14(12)18-15/h4-9H,3H2,1-2H3,(H,16,18). The third-order valence-electron chi connectivity index (χ3n) is 3.09. The van der Waals surface area contributed by atoms with Crippen molar-refractivity contribution in [2.24, 2.45) is 0 Å². The normalized spacial score (nSPS) is 11.0. The number of nitrogens with zero attached hydrogens (tertiary/aromatic N) is 2. The van der Waals surface area contributed by atoms with Gasteiger partial charge >= 0.3 is 0 Å². The van der Waals surface area contributed by atoms with Gasteiger partial charge in [-0.1, -0.05) is 18.2 Å². The fourth-order valence-electron chi connectivity index (χ4n) is 2.23. The SMILES string of the molecule is CCNc1nc2c(ccc3cccnc32)cc1C. The number of nitrogens with one attached hydrogen (secondary N) is 1. The van der Waals surface area contributed by atoms with Crippen molar-refractivity contribution in [2.75, 3.05) is 11.9 Å². The van der Waals surface area contributed by atoms with Gasteiger partial charge in [-0.15, -0.1) is 0 Å². The van der Waals surface area contributed by atoms with Crippen LogP contribution in [0, 0.1) is 6.92 Å². The number of pyridine rings is 2. The van der Waals surface area contributed by atoms with Gasteiger partial charge in [-0.05, 0) is 31.5 Å². The van der Waals surface area contributed by atoms with E-state index in [0.717, 1.165) is 34.2 Å². The summed E-state index contributed by atoms with van der Waals surface area (Å²) in [6, 6.07) is 10.4. The molecule has 0 saturated carbocycles. The Morgan fingerprint density at radius 2 is 1.94 bits per heavy atom. The van der Waals surface area contributed by atoms with Crippen LogP contribution in [0.25, 0.3) is 21.8 Å². The summed E-state index contributed by atoms with van der Waals surface area (Å²) in [5.41, 5.74) is 3.10. The average molecular weight is 237 g/mol. The monoisotopic (exact) mass is 237 g/mol. The molecular formula is C15H15N3. The third kappa shape index (κ3) is 1.68. The van der Waals surface area contributed by atoms with Gasteiger partial charge in [0.2, 0.25) is 0 Å². The Labute approximate surface area is 106 Å². The van der Waals surface area contributed by atoms with Crippen molar-refractivity contribution < 1.29 is 0 Å². The minimum Gasteiger partial charge on any atom is -0.370 e. The van der Waals surface area contributed by atoms with E-state index >= 15 is 0 Å². The maximum Gasteiger partial charge on any atom is 0.129 e. The first-order chi connectivity index (χ1) is 8.79. The maximum absolute atomic E-state index is 4.72. The molecule has 0 atom stereocenters. The topological polar surface area (TPSA) is 37.8 Å². The zero-order valence-corrected chi connectivity index (χ0v) is 10.6. The van der Waals surface area contributed by atoms with Gasteiger partial charge in [0.15, 0.2) is 0 Å². The highest BCUT2D eigenvalue weighted by Crippen LogP contribution is 2.25. The van der Waals surface area contributed by atoms with Crippen molar-refractivity contribution >= 4 is 27.6 Å². The fraction of sp³-hybridized carbons (Fsp3) is 0.200. The first kappa shape index (κ1) is 11.0. The summed E-state index contributed by atoms with van der Waals surface area (Å²) < 4.78 is 0. The van der Waals surface area contributed by atoms with Crippen LogP contribution in [0.5, 0.6) is 0 Å². The number of benzene rings is 1. The van der Waals surface area contributed by atoms with Gasteiger partial charge in [0.25, 0.3) is 0 Å². The zero-order valence-electron chi connectivity index (χ0n) is 10.6. The Kier molecular flexibility index (Phi) is 2.59. The van der Waals surface area contributed by atoms with Crippen LogP contribution < -0.4 is 5.32 Å². The fourth-order valence-corrected chi connectivity index (χ4v) is 2.23. The molecule has 0 amide bonds.